The van der Waals surface area contributed by atoms with Gasteiger partial charge in [0.05, 0.1) is 30.7 Å². The van der Waals surface area contributed by atoms with E-state index in [0.29, 0.717) is 49.0 Å². The fourth-order valence-corrected chi connectivity index (χ4v) is 8.01. The van der Waals surface area contributed by atoms with Gasteiger partial charge in [0.2, 0.25) is 0 Å². The van der Waals surface area contributed by atoms with Crippen LogP contribution in [-0.2, 0) is 25.1 Å². The number of rotatable bonds is 5. The average Bonchev–Trinajstić information content (AvgIpc) is 3.31. The van der Waals surface area contributed by atoms with Crippen molar-refractivity contribution in [3.63, 3.8) is 0 Å². The second-order valence-electron chi connectivity index (χ2n) is 10.8. The van der Waals surface area contributed by atoms with Gasteiger partial charge in [0, 0.05) is 44.0 Å². The molecule has 12 heteroatoms. The van der Waals surface area contributed by atoms with Gasteiger partial charge in [-0.3, -0.25) is 9.48 Å². The number of sulfone groups is 1. The van der Waals surface area contributed by atoms with Gasteiger partial charge in [0.25, 0.3) is 5.91 Å². The number of hydrogen-bond acceptors (Lipinski definition) is 7. The van der Waals surface area contributed by atoms with Gasteiger partial charge in [-0.1, -0.05) is 12.1 Å². The molecular formula is C27H36ClFN4O5S. The van der Waals surface area contributed by atoms with Crippen LogP contribution in [0.25, 0.3) is 11.3 Å². The van der Waals surface area contributed by atoms with Gasteiger partial charge in [-0.05, 0) is 57.2 Å². The highest BCUT2D eigenvalue weighted by Gasteiger charge is 2.40. The molecule has 1 aromatic carbocycles. The molecule has 9 nitrogen and oxygen atoms in total. The van der Waals surface area contributed by atoms with Crippen LogP contribution in [0, 0.1) is 11.7 Å². The zero-order chi connectivity index (χ0) is 26.3. The van der Waals surface area contributed by atoms with Gasteiger partial charge < -0.3 is 19.3 Å². The number of fused-ring (bicyclic) bond motifs is 3. The van der Waals surface area contributed by atoms with E-state index in [1.54, 1.807) is 11.0 Å². The number of halogens is 2. The van der Waals surface area contributed by atoms with Crippen LogP contribution in [-0.4, -0.2) is 93.1 Å². The van der Waals surface area contributed by atoms with Crippen LogP contribution in [0.1, 0.15) is 54.2 Å². The molecule has 0 spiro atoms. The lowest BCUT2D eigenvalue weighted by atomic mass is 9.95. The van der Waals surface area contributed by atoms with Crippen molar-refractivity contribution in [3.05, 3.63) is 35.3 Å². The van der Waals surface area contributed by atoms with Crippen LogP contribution >= 0.6 is 12.4 Å². The number of aromatic nitrogens is 2. The largest absolute Gasteiger partial charge is 0.381 e. The monoisotopic (exact) mass is 582 g/mol. The minimum absolute atomic E-state index is 0. The molecule has 5 heterocycles. The Balaban J connectivity index is 0.00000308. The molecule has 3 saturated heterocycles. The third kappa shape index (κ3) is 5.61. The van der Waals surface area contributed by atoms with Crippen LogP contribution in [0.5, 0.6) is 0 Å². The fourth-order valence-electron chi connectivity index (χ4n) is 6.35. The molecule has 2 aromatic rings. The number of benzene rings is 1. The molecule has 0 N–H and O–H groups in total. The minimum Gasteiger partial charge on any atom is -0.381 e. The summed E-state index contributed by atoms with van der Waals surface area (Å²) in [6.07, 6.45) is 5.18. The fraction of sp³-hybridized carbons (Fsp3) is 0.630. The van der Waals surface area contributed by atoms with Crippen molar-refractivity contribution in [2.45, 2.75) is 48.8 Å². The van der Waals surface area contributed by atoms with Crippen LogP contribution in [0.4, 0.5) is 4.39 Å². The molecule has 4 aliphatic heterocycles. The molecule has 214 valence electrons. The van der Waals surface area contributed by atoms with Crippen LogP contribution in [0.3, 0.4) is 0 Å². The Labute approximate surface area is 234 Å². The maximum Gasteiger partial charge on any atom is 0.274 e. The Morgan fingerprint density at radius 1 is 1.05 bits per heavy atom. The summed E-state index contributed by atoms with van der Waals surface area (Å²) in [6.45, 7) is 6.17. The van der Waals surface area contributed by atoms with Crippen LogP contribution < -0.4 is 0 Å². The molecule has 3 fully saturated rings. The predicted molar refractivity (Wildman–Crippen MR) is 145 cm³/mol. The lowest BCUT2D eigenvalue weighted by Gasteiger charge is -2.35. The summed E-state index contributed by atoms with van der Waals surface area (Å²) in [5, 5.41) is 4.82. The standard InChI is InChI=1S/C27H35FN4O5S.ClH/c28-23-5-1-4-21-25-22(18-38(34,35)26(21)23)24(27(33)31-11-15-37-16-12-31)29-32(25)20-3-2-9-30(17-20)10-6-19-7-13-36-14-8-19;/h1,4-5,19-20H,2-3,6-18H2;1H/t20-;/m1./s1. The van der Waals surface area contributed by atoms with Gasteiger partial charge in [0.15, 0.2) is 15.5 Å². The number of amides is 1. The SMILES string of the molecule is Cl.O=C(c1nn([C@@H]2CCCN(CCC3CCOCC3)C2)c2c1CS(=O)(=O)c1c(F)cccc1-2)N1CCOCC1. The molecule has 6 rings (SSSR count). The number of likely N-dealkylation sites (tertiary alicyclic amines) is 1. The Morgan fingerprint density at radius 2 is 1.79 bits per heavy atom. The molecule has 1 aromatic heterocycles. The summed E-state index contributed by atoms with van der Waals surface area (Å²) in [4.78, 5) is 17.4. The second kappa shape index (κ2) is 11.8. The van der Waals surface area contributed by atoms with Gasteiger partial charge in [-0.25, -0.2) is 12.8 Å². The number of nitrogens with zero attached hydrogens (tertiary/aromatic N) is 4. The summed E-state index contributed by atoms with van der Waals surface area (Å²) in [6, 6.07) is 4.32. The first-order valence-corrected chi connectivity index (χ1v) is 15.4. The molecule has 0 saturated carbocycles. The molecule has 0 unspecified atom stereocenters. The highest BCUT2D eigenvalue weighted by molar-refractivity contribution is 7.91. The van der Waals surface area contributed by atoms with E-state index in [4.69, 9.17) is 14.6 Å². The summed E-state index contributed by atoms with van der Waals surface area (Å²) in [5.41, 5.74) is 1.43. The number of carbonyl (C=O) groups is 1. The molecule has 4 aliphatic rings. The quantitative estimate of drug-likeness (QED) is 0.534. The van der Waals surface area contributed by atoms with Crippen LogP contribution in [0.2, 0.25) is 0 Å². The molecule has 0 bridgehead atoms. The highest BCUT2D eigenvalue weighted by atomic mass is 35.5. The van der Waals surface area contributed by atoms with E-state index < -0.39 is 21.4 Å². The first kappa shape index (κ1) is 28.5. The maximum atomic E-state index is 14.9. The van der Waals surface area contributed by atoms with Gasteiger partial charge in [-0.15, -0.1) is 12.4 Å². The van der Waals surface area contributed by atoms with E-state index in [2.05, 4.69) is 4.90 Å². The summed E-state index contributed by atoms with van der Waals surface area (Å²) < 4.78 is 54.1. The zero-order valence-electron chi connectivity index (χ0n) is 22.0. The van der Waals surface area contributed by atoms with Crippen molar-refractivity contribution >= 4 is 28.2 Å². The second-order valence-corrected chi connectivity index (χ2v) is 12.8. The minimum atomic E-state index is -3.97. The summed E-state index contributed by atoms with van der Waals surface area (Å²) >= 11 is 0. The highest BCUT2D eigenvalue weighted by Crippen LogP contribution is 2.43. The summed E-state index contributed by atoms with van der Waals surface area (Å²) in [5.74, 6) is -0.796. The molecule has 39 heavy (non-hydrogen) atoms. The first-order chi connectivity index (χ1) is 18.4. The number of carbonyl (C=O) groups excluding carboxylic acids is 1. The van der Waals surface area contributed by atoms with E-state index >= 15 is 0 Å². The number of morpholine rings is 1. The Kier molecular flexibility index (Phi) is 8.63. The van der Waals surface area contributed by atoms with Crippen molar-refractivity contribution < 1.29 is 27.1 Å². The van der Waals surface area contributed by atoms with Crippen molar-refractivity contribution in [1.29, 1.82) is 0 Å². The lowest BCUT2D eigenvalue weighted by molar-refractivity contribution is 0.0297. The summed E-state index contributed by atoms with van der Waals surface area (Å²) in [7, 11) is -3.97. The first-order valence-electron chi connectivity index (χ1n) is 13.7. The van der Waals surface area contributed by atoms with Gasteiger partial charge in [0.1, 0.15) is 10.7 Å². The van der Waals surface area contributed by atoms with Gasteiger partial charge in [-0.2, -0.15) is 5.10 Å². The third-order valence-corrected chi connectivity index (χ3v) is 10.1. The molecule has 0 aliphatic carbocycles. The lowest BCUT2D eigenvalue weighted by Crippen LogP contribution is -2.41. The van der Waals surface area contributed by atoms with E-state index in [1.165, 1.54) is 12.1 Å². The van der Waals surface area contributed by atoms with E-state index in [0.717, 1.165) is 65.0 Å². The van der Waals surface area contributed by atoms with Gasteiger partial charge >= 0.3 is 0 Å². The van der Waals surface area contributed by atoms with Crippen molar-refractivity contribution in [3.8, 4) is 11.3 Å². The number of ether oxygens (including phenoxy) is 2. The number of hydrogen-bond donors (Lipinski definition) is 0. The normalized spacial score (nSPS) is 23.5. The van der Waals surface area contributed by atoms with E-state index in [1.807, 2.05) is 4.68 Å². The molecule has 0 radical (unpaired) electrons. The Bertz CT molecular complexity index is 1310. The van der Waals surface area contributed by atoms with E-state index in [9.17, 15) is 17.6 Å². The predicted octanol–water partition coefficient (Wildman–Crippen LogP) is 3.32. The average molecular weight is 583 g/mol. The topological polar surface area (TPSA) is 94.0 Å². The van der Waals surface area contributed by atoms with Crippen molar-refractivity contribution in [2.75, 3.05) is 59.2 Å². The Hall–Kier alpha value is -2.05. The molecular weight excluding hydrogens is 547 g/mol. The Morgan fingerprint density at radius 3 is 2.56 bits per heavy atom. The zero-order valence-corrected chi connectivity index (χ0v) is 23.7. The van der Waals surface area contributed by atoms with Crippen molar-refractivity contribution in [1.82, 2.24) is 19.6 Å². The van der Waals surface area contributed by atoms with E-state index in [-0.39, 0.29) is 34.9 Å². The smallest absolute Gasteiger partial charge is 0.274 e. The maximum absolute atomic E-state index is 14.9. The third-order valence-electron chi connectivity index (χ3n) is 8.40. The molecule has 1 amide bonds. The van der Waals surface area contributed by atoms with Crippen molar-refractivity contribution in [2.24, 2.45) is 5.92 Å². The number of piperidine rings is 1. The van der Waals surface area contributed by atoms with Crippen LogP contribution in [0.15, 0.2) is 23.1 Å². The molecule has 1 atom stereocenters.